The first-order valence-corrected chi connectivity index (χ1v) is 11.8. The van der Waals surface area contributed by atoms with Gasteiger partial charge in [0.1, 0.15) is 16.4 Å². The lowest BCUT2D eigenvalue weighted by Gasteiger charge is -2.12. The zero-order chi connectivity index (χ0) is 21.7. The quantitative estimate of drug-likeness (QED) is 0.488. The number of benzene rings is 2. The van der Waals surface area contributed by atoms with Crippen LogP contribution in [0, 0.1) is 0 Å². The first kappa shape index (κ1) is 22.4. The Morgan fingerprint density at radius 2 is 1.67 bits per heavy atom. The van der Waals surface area contributed by atoms with Gasteiger partial charge in [0.15, 0.2) is 15.6 Å². The maximum Gasteiger partial charge on any atom is 0.287 e. The first-order valence-electron chi connectivity index (χ1n) is 9.36. The summed E-state index contributed by atoms with van der Waals surface area (Å²) in [6, 6.07) is 17.3. The largest absolute Gasteiger partial charge is 0.455 e. The molecule has 1 N–H and O–H groups in total. The minimum absolute atomic E-state index is 0.0410. The van der Waals surface area contributed by atoms with E-state index in [1.807, 2.05) is 37.3 Å². The number of sulfone groups is 1. The van der Waals surface area contributed by atoms with Crippen molar-refractivity contribution in [3.8, 4) is 0 Å². The van der Waals surface area contributed by atoms with E-state index in [-0.39, 0.29) is 32.5 Å². The normalized spacial score (nSPS) is 12.5. The SMILES string of the molecule is C[C@@H](CCc1ccccc1)NC(=O)c1ccc(CS(=O)(=O)c2c(Cl)cccc2Cl)o1. The van der Waals surface area contributed by atoms with E-state index in [0.717, 1.165) is 12.8 Å². The van der Waals surface area contributed by atoms with Gasteiger partial charge in [-0.2, -0.15) is 0 Å². The van der Waals surface area contributed by atoms with Crippen LogP contribution < -0.4 is 5.32 Å². The molecule has 30 heavy (non-hydrogen) atoms. The van der Waals surface area contributed by atoms with Crippen molar-refractivity contribution in [3.05, 3.63) is 87.8 Å². The maximum absolute atomic E-state index is 12.7. The van der Waals surface area contributed by atoms with Crippen molar-refractivity contribution in [2.45, 2.75) is 36.5 Å². The Morgan fingerprint density at radius 3 is 2.33 bits per heavy atom. The average Bonchev–Trinajstić information content (AvgIpc) is 3.15. The monoisotopic (exact) mass is 465 g/mol. The van der Waals surface area contributed by atoms with Gasteiger partial charge in [0.2, 0.25) is 0 Å². The molecule has 3 rings (SSSR count). The van der Waals surface area contributed by atoms with Crippen LogP contribution >= 0.6 is 23.2 Å². The van der Waals surface area contributed by atoms with Crippen molar-refractivity contribution < 1.29 is 17.6 Å². The summed E-state index contributed by atoms with van der Waals surface area (Å²) in [5, 5.41) is 2.95. The second-order valence-corrected chi connectivity index (χ2v) is 9.72. The van der Waals surface area contributed by atoms with E-state index in [1.54, 1.807) is 6.07 Å². The predicted octanol–water partition coefficient (Wildman–Crippen LogP) is 5.31. The Kier molecular flexibility index (Phi) is 7.23. The van der Waals surface area contributed by atoms with E-state index < -0.39 is 21.5 Å². The van der Waals surface area contributed by atoms with Crippen molar-refractivity contribution in [3.63, 3.8) is 0 Å². The summed E-state index contributed by atoms with van der Waals surface area (Å²) < 4.78 is 30.9. The molecule has 0 saturated carbocycles. The molecule has 3 aromatic rings. The third kappa shape index (κ3) is 5.65. The van der Waals surface area contributed by atoms with E-state index in [1.165, 1.54) is 29.8 Å². The number of halogens is 2. The van der Waals surface area contributed by atoms with Crippen molar-refractivity contribution >= 4 is 38.9 Å². The number of furan rings is 1. The van der Waals surface area contributed by atoms with Crippen LogP contribution in [0.2, 0.25) is 10.0 Å². The summed E-state index contributed by atoms with van der Waals surface area (Å²) in [6.45, 7) is 1.91. The van der Waals surface area contributed by atoms with Gasteiger partial charge in [-0.25, -0.2) is 8.42 Å². The lowest BCUT2D eigenvalue weighted by atomic mass is 10.1. The molecule has 0 aliphatic carbocycles. The topological polar surface area (TPSA) is 76.4 Å². The number of aryl methyl sites for hydroxylation is 1. The van der Waals surface area contributed by atoms with Crippen LogP contribution in [-0.4, -0.2) is 20.4 Å². The van der Waals surface area contributed by atoms with Gasteiger partial charge in [0.05, 0.1) is 10.0 Å². The molecule has 158 valence electrons. The summed E-state index contributed by atoms with van der Waals surface area (Å²) in [6.07, 6.45) is 1.60. The zero-order valence-electron chi connectivity index (χ0n) is 16.3. The summed E-state index contributed by atoms with van der Waals surface area (Å²) in [5.41, 5.74) is 1.20. The van der Waals surface area contributed by atoms with E-state index in [2.05, 4.69) is 5.32 Å². The lowest BCUT2D eigenvalue weighted by molar-refractivity contribution is 0.0909. The number of carbonyl (C=O) groups excluding carboxylic acids is 1. The molecule has 0 saturated heterocycles. The highest BCUT2D eigenvalue weighted by atomic mass is 35.5. The Hall–Kier alpha value is -2.28. The Morgan fingerprint density at radius 1 is 1.00 bits per heavy atom. The number of hydrogen-bond donors (Lipinski definition) is 1. The van der Waals surface area contributed by atoms with Crippen molar-refractivity contribution in [2.24, 2.45) is 0 Å². The van der Waals surface area contributed by atoms with Crippen LogP contribution in [0.25, 0.3) is 0 Å². The minimum Gasteiger partial charge on any atom is -0.455 e. The molecule has 1 amide bonds. The first-order chi connectivity index (χ1) is 14.3. The fourth-order valence-corrected chi connectivity index (χ4v) is 5.52. The molecule has 0 bridgehead atoms. The molecule has 2 aromatic carbocycles. The maximum atomic E-state index is 12.7. The highest BCUT2D eigenvalue weighted by Crippen LogP contribution is 2.31. The van der Waals surface area contributed by atoms with Gasteiger partial charge in [-0.3, -0.25) is 4.79 Å². The number of nitrogens with one attached hydrogen (secondary N) is 1. The summed E-state index contributed by atoms with van der Waals surface area (Å²) in [7, 11) is -3.84. The third-order valence-electron chi connectivity index (χ3n) is 4.53. The van der Waals surface area contributed by atoms with Gasteiger partial charge < -0.3 is 9.73 Å². The molecule has 5 nitrogen and oxygen atoms in total. The van der Waals surface area contributed by atoms with Gasteiger partial charge in [0.25, 0.3) is 5.91 Å². The van der Waals surface area contributed by atoms with Crippen LogP contribution in [0.15, 0.2) is 70.0 Å². The molecule has 8 heteroatoms. The van der Waals surface area contributed by atoms with Crippen LogP contribution in [0.4, 0.5) is 0 Å². The van der Waals surface area contributed by atoms with Gasteiger partial charge in [-0.1, -0.05) is 59.6 Å². The molecule has 0 radical (unpaired) electrons. The van der Waals surface area contributed by atoms with Crippen molar-refractivity contribution in [1.82, 2.24) is 5.32 Å². The lowest BCUT2D eigenvalue weighted by Crippen LogP contribution is -2.32. The van der Waals surface area contributed by atoms with E-state index in [9.17, 15) is 13.2 Å². The number of rotatable bonds is 8. The van der Waals surface area contributed by atoms with Gasteiger partial charge in [-0.05, 0) is 49.6 Å². The molecular formula is C22H21Cl2NO4S. The summed E-state index contributed by atoms with van der Waals surface area (Å²) in [4.78, 5) is 12.3. The summed E-state index contributed by atoms with van der Waals surface area (Å²) in [5.74, 6) is -0.659. The molecule has 1 aromatic heterocycles. The zero-order valence-corrected chi connectivity index (χ0v) is 18.6. The molecule has 0 spiro atoms. The number of amides is 1. The van der Waals surface area contributed by atoms with E-state index >= 15 is 0 Å². The molecule has 0 aliphatic rings. The van der Waals surface area contributed by atoms with E-state index in [4.69, 9.17) is 27.6 Å². The highest BCUT2D eigenvalue weighted by molar-refractivity contribution is 7.90. The average molecular weight is 466 g/mol. The van der Waals surface area contributed by atoms with Crippen LogP contribution in [0.3, 0.4) is 0 Å². The Labute approximate surface area is 185 Å². The minimum atomic E-state index is -3.84. The van der Waals surface area contributed by atoms with Crippen molar-refractivity contribution in [1.29, 1.82) is 0 Å². The molecule has 1 atom stereocenters. The standard InChI is InChI=1S/C22H21Cl2NO4S/c1-15(10-11-16-6-3-2-4-7-16)25-22(26)20-13-12-17(29-20)14-30(27,28)21-18(23)8-5-9-19(21)24/h2-9,12-13,15H,10-11,14H2,1H3,(H,25,26)/t15-/m0/s1. The predicted molar refractivity (Wildman–Crippen MR) is 118 cm³/mol. The highest BCUT2D eigenvalue weighted by Gasteiger charge is 2.24. The van der Waals surface area contributed by atoms with Crippen LogP contribution in [0.1, 0.15) is 35.2 Å². The van der Waals surface area contributed by atoms with Crippen LogP contribution in [0.5, 0.6) is 0 Å². The molecule has 0 fully saturated rings. The number of hydrogen-bond acceptors (Lipinski definition) is 4. The molecule has 1 heterocycles. The smallest absolute Gasteiger partial charge is 0.287 e. The fourth-order valence-electron chi connectivity index (χ4n) is 3.01. The Bertz CT molecular complexity index is 1110. The molecular weight excluding hydrogens is 445 g/mol. The Balaban J connectivity index is 1.62. The van der Waals surface area contributed by atoms with E-state index in [0.29, 0.717) is 0 Å². The molecule has 0 unspecified atom stereocenters. The molecule has 0 aliphatic heterocycles. The third-order valence-corrected chi connectivity index (χ3v) is 7.11. The van der Waals surface area contributed by atoms with Crippen molar-refractivity contribution in [2.75, 3.05) is 0 Å². The summed E-state index contributed by atoms with van der Waals surface area (Å²) >= 11 is 12.0. The van der Waals surface area contributed by atoms with Gasteiger partial charge >= 0.3 is 0 Å². The second kappa shape index (κ2) is 9.69. The second-order valence-electron chi connectivity index (χ2n) is 6.97. The fraction of sp³-hybridized carbons (Fsp3) is 0.227. The van der Waals surface area contributed by atoms with Gasteiger partial charge in [-0.15, -0.1) is 0 Å². The van der Waals surface area contributed by atoms with Gasteiger partial charge in [0, 0.05) is 6.04 Å². The number of carbonyl (C=O) groups is 1. The van der Waals surface area contributed by atoms with Crippen LogP contribution in [-0.2, 0) is 22.0 Å².